The SMILES string of the molecule is Cc1ccc(C)c(C(N=C=O)N=C=O)c1C. The molecule has 0 radical (unpaired) electrons. The van der Waals surface area contributed by atoms with Crippen molar-refractivity contribution >= 4 is 12.2 Å². The van der Waals surface area contributed by atoms with Crippen molar-refractivity contribution < 1.29 is 9.59 Å². The highest BCUT2D eigenvalue weighted by Crippen LogP contribution is 2.27. The summed E-state index contributed by atoms with van der Waals surface area (Å²) >= 11 is 0. The Morgan fingerprint density at radius 3 is 2.00 bits per heavy atom. The molecule has 0 saturated heterocycles. The van der Waals surface area contributed by atoms with Crippen LogP contribution in [0.3, 0.4) is 0 Å². The van der Waals surface area contributed by atoms with Crippen LogP contribution in [0.1, 0.15) is 28.4 Å². The van der Waals surface area contributed by atoms with Crippen LogP contribution in [0.15, 0.2) is 22.1 Å². The van der Waals surface area contributed by atoms with Gasteiger partial charge in [0.15, 0.2) is 6.17 Å². The highest BCUT2D eigenvalue weighted by Gasteiger charge is 2.15. The highest BCUT2D eigenvalue weighted by atomic mass is 16.1. The largest absolute Gasteiger partial charge is 0.237 e. The Bertz CT molecular complexity index is 478. The predicted molar refractivity (Wildman–Crippen MR) is 59.6 cm³/mol. The van der Waals surface area contributed by atoms with E-state index in [1.54, 1.807) is 0 Å². The molecule has 0 bridgehead atoms. The minimum Gasteiger partial charge on any atom is -0.211 e. The van der Waals surface area contributed by atoms with Gasteiger partial charge in [-0.2, -0.15) is 9.98 Å². The molecule has 1 aromatic rings. The molecule has 0 heterocycles. The van der Waals surface area contributed by atoms with Crippen LogP contribution in [0.5, 0.6) is 0 Å². The van der Waals surface area contributed by atoms with Gasteiger partial charge < -0.3 is 0 Å². The van der Waals surface area contributed by atoms with Gasteiger partial charge in [-0.05, 0) is 37.5 Å². The first-order chi connectivity index (χ1) is 7.61. The van der Waals surface area contributed by atoms with Crippen LogP contribution in [-0.2, 0) is 9.59 Å². The number of isocyanates is 2. The molecule has 1 aromatic carbocycles. The Morgan fingerprint density at radius 1 is 1.00 bits per heavy atom. The third-order valence-electron chi connectivity index (χ3n) is 2.61. The fourth-order valence-corrected chi connectivity index (χ4v) is 1.63. The van der Waals surface area contributed by atoms with Crippen molar-refractivity contribution in [1.29, 1.82) is 0 Å². The molecular formula is C12H12N2O2. The summed E-state index contributed by atoms with van der Waals surface area (Å²) in [5.74, 6) is 0. The number of carbonyl (C=O) groups excluding carboxylic acids is 2. The molecule has 0 amide bonds. The van der Waals surface area contributed by atoms with Crippen molar-refractivity contribution in [1.82, 2.24) is 0 Å². The molecule has 0 N–H and O–H groups in total. The fourth-order valence-electron chi connectivity index (χ4n) is 1.63. The number of aliphatic imine (C=N–C) groups is 2. The second-order valence-corrected chi connectivity index (χ2v) is 3.55. The third kappa shape index (κ3) is 2.31. The van der Waals surface area contributed by atoms with Crippen molar-refractivity contribution in [2.24, 2.45) is 9.98 Å². The number of hydrogen-bond donors (Lipinski definition) is 0. The molecule has 0 aromatic heterocycles. The molecule has 0 aliphatic heterocycles. The highest BCUT2D eigenvalue weighted by molar-refractivity contribution is 5.46. The monoisotopic (exact) mass is 216 g/mol. The van der Waals surface area contributed by atoms with Gasteiger partial charge in [-0.15, -0.1) is 0 Å². The molecule has 0 spiro atoms. The number of rotatable bonds is 3. The van der Waals surface area contributed by atoms with Gasteiger partial charge in [0.05, 0.1) is 0 Å². The van der Waals surface area contributed by atoms with Crippen molar-refractivity contribution in [3.05, 3.63) is 34.4 Å². The maximum atomic E-state index is 10.3. The Labute approximate surface area is 93.7 Å². The minimum absolute atomic E-state index is 0.770. The molecule has 4 nitrogen and oxygen atoms in total. The molecule has 0 aliphatic carbocycles. The smallest absolute Gasteiger partial charge is 0.211 e. The van der Waals surface area contributed by atoms with Crippen LogP contribution < -0.4 is 0 Å². The Balaban J connectivity index is 3.44. The van der Waals surface area contributed by atoms with E-state index in [2.05, 4.69) is 9.98 Å². The van der Waals surface area contributed by atoms with E-state index in [1.807, 2.05) is 32.9 Å². The number of benzene rings is 1. The standard InChI is InChI=1S/C12H12N2O2/c1-8-4-5-9(2)11(10(8)3)12(13-6-15)14-7-16/h4-5,12H,1-3H3. The molecule has 0 aliphatic rings. The van der Waals surface area contributed by atoms with Crippen LogP contribution in [-0.4, -0.2) is 12.2 Å². The Hall–Kier alpha value is -2.02. The zero-order chi connectivity index (χ0) is 12.1. The molecule has 0 unspecified atom stereocenters. The lowest BCUT2D eigenvalue weighted by atomic mass is 9.96. The molecule has 4 heteroatoms. The lowest BCUT2D eigenvalue weighted by molar-refractivity contribution is 0.551. The van der Waals surface area contributed by atoms with Gasteiger partial charge in [0.1, 0.15) is 0 Å². The fraction of sp³-hybridized carbons (Fsp3) is 0.333. The second-order valence-electron chi connectivity index (χ2n) is 3.55. The van der Waals surface area contributed by atoms with Gasteiger partial charge in [-0.1, -0.05) is 12.1 Å². The zero-order valence-electron chi connectivity index (χ0n) is 9.44. The van der Waals surface area contributed by atoms with Gasteiger partial charge in [0.25, 0.3) is 0 Å². The van der Waals surface area contributed by atoms with Crippen molar-refractivity contribution in [2.45, 2.75) is 26.9 Å². The lowest BCUT2D eigenvalue weighted by Crippen LogP contribution is -2.00. The summed E-state index contributed by atoms with van der Waals surface area (Å²) in [4.78, 5) is 27.6. The quantitative estimate of drug-likeness (QED) is 0.574. The lowest BCUT2D eigenvalue weighted by Gasteiger charge is -2.13. The van der Waals surface area contributed by atoms with Gasteiger partial charge in [-0.3, -0.25) is 0 Å². The van der Waals surface area contributed by atoms with Crippen molar-refractivity contribution in [3.63, 3.8) is 0 Å². The first kappa shape index (κ1) is 12.1. The van der Waals surface area contributed by atoms with Crippen LogP contribution in [0, 0.1) is 20.8 Å². The topological polar surface area (TPSA) is 58.9 Å². The van der Waals surface area contributed by atoms with E-state index in [4.69, 9.17) is 0 Å². The second kappa shape index (κ2) is 5.17. The molecule has 0 fully saturated rings. The van der Waals surface area contributed by atoms with Gasteiger partial charge in [0, 0.05) is 5.56 Å². The first-order valence-electron chi connectivity index (χ1n) is 4.82. The summed E-state index contributed by atoms with van der Waals surface area (Å²) < 4.78 is 0. The van der Waals surface area contributed by atoms with Crippen molar-refractivity contribution in [2.75, 3.05) is 0 Å². The molecule has 1 rings (SSSR count). The van der Waals surface area contributed by atoms with E-state index < -0.39 is 6.17 Å². The van der Waals surface area contributed by atoms with Crippen molar-refractivity contribution in [3.8, 4) is 0 Å². The van der Waals surface area contributed by atoms with Crippen LogP contribution in [0.2, 0.25) is 0 Å². The Kier molecular flexibility index (Phi) is 3.90. The summed E-state index contributed by atoms with van der Waals surface area (Å²) in [6, 6.07) is 3.88. The summed E-state index contributed by atoms with van der Waals surface area (Å²) in [5, 5.41) is 0. The van der Waals surface area contributed by atoms with Crippen LogP contribution in [0.4, 0.5) is 0 Å². The normalized spacial score (nSPS) is 11.2. The molecule has 16 heavy (non-hydrogen) atoms. The Morgan fingerprint density at radius 2 is 1.50 bits per heavy atom. The van der Waals surface area contributed by atoms with E-state index in [0.29, 0.717) is 0 Å². The summed E-state index contributed by atoms with van der Waals surface area (Å²) in [5.41, 5.74) is 3.74. The predicted octanol–water partition coefficient (Wildman–Crippen LogP) is 2.28. The average molecular weight is 216 g/mol. The number of nitrogens with zero attached hydrogens (tertiary/aromatic N) is 2. The maximum Gasteiger partial charge on any atom is 0.237 e. The number of aryl methyl sites for hydroxylation is 2. The summed E-state index contributed by atoms with van der Waals surface area (Å²) in [7, 11) is 0. The van der Waals surface area contributed by atoms with E-state index in [0.717, 1.165) is 22.3 Å². The van der Waals surface area contributed by atoms with Gasteiger partial charge >= 0.3 is 0 Å². The molecule has 0 saturated carbocycles. The third-order valence-corrected chi connectivity index (χ3v) is 2.61. The van der Waals surface area contributed by atoms with Crippen LogP contribution >= 0.6 is 0 Å². The van der Waals surface area contributed by atoms with E-state index >= 15 is 0 Å². The average Bonchev–Trinajstić information content (AvgIpc) is 2.25. The first-order valence-corrected chi connectivity index (χ1v) is 4.82. The zero-order valence-corrected chi connectivity index (χ0v) is 9.44. The van der Waals surface area contributed by atoms with E-state index in [9.17, 15) is 9.59 Å². The van der Waals surface area contributed by atoms with E-state index in [-0.39, 0.29) is 0 Å². The molecular weight excluding hydrogens is 204 g/mol. The minimum atomic E-state index is -0.824. The summed E-state index contributed by atoms with van der Waals surface area (Å²) in [6.45, 7) is 5.74. The van der Waals surface area contributed by atoms with Gasteiger partial charge in [-0.25, -0.2) is 9.59 Å². The number of hydrogen-bond acceptors (Lipinski definition) is 4. The molecule has 0 atom stereocenters. The summed E-state index contributed by atoms with van der Waals surface area (Å²) in [6.07, 6.45) is 2.03. The van der Waals surface area contributed by atoms with Gasteiger partial charge in [0.2, 0.25) is 12.2 Å². The van der Waals surface area contributed by atoms with E-state index in [1.165, 1.54) is 12.2 Å². The maximum absolute atomic E-state index is 10.3. The molecule has 82 valence electrons. The van der Waals surface area contributed by atoms with Crippen LogP contribution in [0.25, 0.3) is 0 Å².